The van der Waals surface area contributed by atoms with E-state index in [-0.39, 0.29) is 11.9 Å². The molecule has 0 aliphatic carbocycles. The molecule has 0 fully saturated rings. The van der Waals surface area contributed by atoms with E-state index in [1.807, 2.05) is 73.1 Å². The Morgan fingerprint density at radius 1 is 1.19 bits per heavy atom. The molecule has 1 amide bonds. The quantitative estimate of drug-likeness (QED) is 0.593. The van der Waals surface area contributed by atoms with Crippen molar-refractivity contribution in [1.82, 2.24) is 14.9 Å². The second kappa shape index (κ2) is 9.28. The van der Waals surface area contributed by atoms with E-state index in [0.717, 1.165) is 21.9 Å². The van der Waals surface area contributed by atoms with E-state index in [9.17, 15) is 4.79 Å². The number of imidazole rings is 1. The molecule has 0 aliphatic rings. The lowest BCUT2D eigenvalue weighted by atomic mass is 10.1. The van der Waals surface area contributed by atoms with E-state index in [2.05, 4.69) is 10.3 Å². The van der Waals surface area contributed by atoms with Gasteiger partial charge in [-0.2, -0.15) is 0 Å². The fourth-order valence-corrected chi connectivity index (χ4v) is 3.37. The van der Waals surface area contributed by atoms with Crippen LogP contribution in [0.15, 0.2) is 72.1 Å². The Labute approximate surface area is 163 Å². The van der Waals surface area contributed by atoms with Crippen molar-refractivity contribution in [2.24, 2.45) is 0 Å². The number of hydrogen-bond donors (Lipinski definition) is 1. The predicted molar refractivity (Wildman–Crippen MR) is 108 cm³/mol. The van der Waals surface area contributed by atoms with Gasteiger partial charge in [0, 0.05) is 23.0 Å². The molecule has 5 nitrogen and oxygen atoms in total. The van der Waals surface area contributed by atoms with E-state index < -0.39 is 0 Å². The van der Waals surface area contributed by atoms with Crippen molar-refractivity contribution in [3.63, 3.8) is 0 Å². The molecule has 3 aromatic rings. The predicted octanol–water partition coefficient (Wildman–Crippen LogP) is 4.24. The first kappa shape index (κ1) is 19.0. The number of aromatic nitrogens is 2. The molecule has 0 spiro atoms. The van der Waals surface area contributed by atoms with Gasteiger partial charge in [0.2, 0.25) is 5.91 Å². The molecule has 6 heteroatoms. The molecule has 27 heavy (non-hydrogen) atoms. The Morgan fingerprint density at radius 2 is 1.93 bits per heavy atom. The first-order valence-electron chi connectivity index (χ1n) is 8.89. The fraction of sp³-hybridized carbons (Fsp3) is 0.238. The van der Waals surface area contributed by atoms with Gasteiger partial charge in [-0.25, -0.2) is 4.98 Å². The summed E-state index contributed by atoms with van der Waals surface area (Å²) in [6, 6.07) is 15.8. The minimum Gasteiger partial charge on any atom is -0.494 e. The van der Waals surface area contributed by atoms with E-state index in [0.29, 0.717) is 12.4 Å². The molecule has 1 unspecified atom stereocenters. The van der Waals surface area contributed by atoms with Gasteiger partial charge in [0.25, 0.3) is 0 Å². The summed E-state index contributed by atoms with van der Waals surface area (Å²) in [4.78, 5) is 17.4. The minimum absolute atomic E-state index is 0.0140. The lowest BCUT2D eigenvalue weighted by Crippen LogP contribution is -2.28. The van der Waals surface area contributed by atoms with Crippen molar-refractivity contribution in [2.75, 3.05) is 12.4 Å². The van der Waals surface area contributed by atoms with Crippen LogP contribution in [0.5, 0.6) is 5.75 Å². The SMILES string of the molecule is CCOc1ccc(SCC(=O)NC(C)c2ccc(-n3ccnc3)cc2)cc1. The third-order valence-electron chi connectivity index (χ3n) is 4.08. The largest absolute Gasteiger partial charge is 0.494 e. The van der Waals surface area contributed by atoms with Gasteiger partial charge >= 0.3 is 0 Å². The molecule has 1 atom stereocenters. The molecule has 1 heterocycles. The Hall–Kier alpha value is -2.73. The molecule has 1 aromatic heterocycles. The van der Waals surface area contributed by atoms with Gasteiger partial charge in [-0.3, -0.25) is 4.79 Å². The summed E-state index contributed by atoms with van der Waals surface area (Å²) in [5.41, 5.74) is 2.11. The van der Waals surface area contributed by atoms with Crippen LogP contribution in [0.25, 0.3) is 5.69 Å². The van der Waals surface area contributed by atoms with E-state index in [1.165, 1.54) is 11.8 Å². The lowest BCUT2D eigenvalue weighted by molar-refractivity contribution is -0.119. The maximum atomic E-state index is 12.3. The maximum Gasteiger partial charge on any atom is 0.230 e. The average Bonchev–Trinajstić information content (AvgIpc) is 3.23. The second-order valence-corrected chi connectivity index (χ2v) is 7.09. The van der Waals surface area contributed by atoms with Crippen LogP contribution in [0.3, 0.4) is 0 Å². The zero-order valence-corrected chi connectivity index (χ0v) is 16.3. The third kappa shape index (κ3) is 5.37. The number of carbonyl (C=O) groups excluding carboxylic acids is 1. The first-order chi connectivity index (χ1) is 13.2. The highest BCUT2D eigenvalue weighted by Gasteiger charge is 2.10. The van der Waals surface area contributed by atoms with Gasteiger partial charge in [-0.15, -0.1) is 11.8 Å². The van der Waals surface area contributed by atoms with Gasteiger partial charge in [0.1, 0.15) is 5.75 Å². The van der Waals surface area contributed by atoms with E-state index in [1.54, 1.807) is 12.5 Å². The number of nitrogens with zero attached hydrogens (tertiary/aromatic N) is 2. The molecule has 0 bridgehead atoms. The number of nitrogens with one attached hydrogen (secondary N) is 1. The maximum absolute atomic E-state index is 12.3. The summed E-state index contributed by atoms with van der Waals surface area (Å²) in [6.07, 6.45) is 5.41. The van der Waals surface area contributed by atoms with E-state index in [4.69, 9.17) is 4.74 Å². The number of thioether (sulfide) groups is 1. The number of carbonyl (C=O) groups is 1. The summed E-state index contributed by atoms with van der Waals surface area (Å²) in [6.45, 7) is 4.60. The summed E-state index contributed by atoms with van der Waals surface area (Å²) in [7, 11) is 0. The Morgan fingerprint density at radius 3 is 2.56 bits per heavy atom. The number of ether oxygens (including phenoxy) is 1. The Kier molecular flexibility index (Phi) is 6.54. The monoisotopic (exact) mass is 381 g/mol. The molecular formula is C21H23N3O2S. The summed E-state index contributed by atoms with van der Waals surface area (Å²) >= 11 is 1.52. The molecule has 140 valence electrons. The number of amides is 1. The molecule has 0 aliphatic heterocycles. The van der Waals surface area contributed by atoms with Crippen LogP contribution in [-0.2, 0) is 4.79 Å². The van der Waals surface area contributed by atoms with Gasteiger partial charge < -0.3 is 14.6 Å². The van der Waals surface area contributed by atoms with Crippen LogP contribution in [0, 0.1) is 0 Å². The van der Waals surface area contributed by atoms with Gasteiger partial charge in [0.15, 0.2) is 0 Å². The van der Waals surface area contributed by atoms with Crippen LogP contribution in [-0.4, -0.2) is 27.8 Å². The summed E-state index contributed by atoms with van der Waals surface area (Å²) in [5, 5.41) is 3.05. The molecular weight excluding hydrogens is 358 g/mol. The smallest absolute Gasteiger partial charge is 0.230 e. The molecule has 3 rings (SSSR count). The van der Waals surface area contributed by atoms with Crippen molar-refractivity contribution in [1.29, 1.82) is 0 Å². The fourth-order valence-electron chi connectivity index (χ4n) is 2.66. The number of benzene rings is 2. The van der Waals surface area contributed by atoms with E-state index >= 15 is 0 Å². The van der Waals surface area contributed by atoms with Gasteiger partial charge in [-0.1, -0.05) is 12.1 Å². The standard InChI is InChI=1S/C21H23N3O2S/c1-3-26-19-8-10-20(11-9-19)27-14-21(25)23-16(2)17-4-6-18(7-5-17)24-13-12-22-15-24/h4-13,15-16H,3,14H2,1-2H3,(H,23,25). The van der Waals surface area contributed by atoms with Crippen molar-refractivity contribution in [3.8, 4) is 11.4 Å². The molecule has 0 radical (unpaired) electrons. The third-order valence-corrected chi connectivity index (χ3v) is 5.09. The second-order valence-electron chi connectivity index (χ2n) is 6.04. The minimum atomic E-state index is -0.0460. The Bertz CT molecular complexity index is 846. The summed E-state index contributed by atoms with van der Waals surface area (Å²) < 4.78 is 7.37. The van der Waals surface area contributed by atoms with Crippen molar-refractivity contribution >= 4 is 17.7 Å². The molecule has 0 saturated carbocycles. The Balaban J connectivity index is 1.49. The van der Waals surface area contributed by atoms with Gasteiger partial charge in [-0.05, 0) is 55.8 Å². The highest BCUT2D eigenvalue weighted by atomic mass is 32.2. The van der Waals surface area contributed by atoms with Crippen LogP contribution in [0.4, 0.5) is 0 Å². The van der Waals surface area contributed by atoms with Crippen LogP contribution >= 0.6 is 11.8 Å². The number of hydrogen-bond acceptors (Lipinski definition) is 4. The molecule has 0 saturated heterocycles. The van der Waals surface area contributed by atoms with Crippen molar-refractivity contribution in [2.45, 2.75) is 24.8 Å². The van der Waals surface area contributed by atoms with Crippen molar-refractivity contribution < 1.29 is 9.53 Å². The van der Waals surface area contributed by atoms with Gasteiger partial charge in [0.05, 0.1) is 24.7 Å². The molecule has 1 N–H and O–H groups in total. The van der Waals surface area contributed by atoms with Crippen LogP contribution in [0.1, 0.15) is 25.5 Å². The summed E-state index contributed by atoms with van der Waals surface area (Å²) in [5.74, 6) is 1.24. The van der Waals surface area contributed by atoms with Crippen molar-refractivity contribution in [3.05, 3.63) is 72.8 Å². The molecule has 2 aromatic carbocycles. The zero-order valence-electron chi connectivity index (χ0n) is 15.5. The zero-order chi connectivity index (χ0) is 19.1. The average molecular weight is 382 g/mol. The lowest BCUT2D eigenvalue weighted by Gasteiger charge is -2.15. The van der Waals surface area contributed by atoms with Crippen LogP contribution in [0.2, 0.25) is 0 Å². The highest BCUT2D eigenvalue weighted by molar-refractivity contribution is 8.00. The number of rotatable bonds is 8. The first-order valence-corrected chi connectivity index (χ1v) is 9.87. The highest BCUT2D eigenvalue weighted by Crippen LogP contribution is 2.22. The van der Waals surface area contributed by atoms with Crippen LogP contribution < -0.4 is 10.1 Å². The normalized spacial score (nSPS) is 11.8. The topological polar surface area (TPSA) is 56.1 Å².